The topological polar surface area (TPSA) is 46.3 Å². The van der Waals surface area contributed by atoms with Crippen molar-refractivity contribution in [1.29, 1.82) is 0 Å². The fourth-order valence-electron chi connectivity index (χ4n) is 3.97. The van der Waals surface area contributed by atoms with Crippen molar-refractivity contribution in [2.45, 2.75) is 83.1 Å². The number of rotatable bonds is 5. The van der Waals surface area contributed by atoms with E-state index in [1.54, 1.807) is 0 Å². The van der Waals surface area contributed by atoms with Crippen molar-refractivity contribution in [2.24, 2.45) is 11.7 Å². The fourth-order valence-corrected chi connectivity index (χ4v) is 3.97. The summed E-state index contributed by atoms with van der Waals surface area (Å²) in [5, 5.41) is 0. The van der Waals surface area contributed by atoms with Crippen molar-refractivity contribution in [3.05, 3.63) is 0 Å². The van der Waals surface area contributed by atoms with Gasteiger partial charge in [0.25, 0.3) is 0 Å². The molecule has 0 saturated heterocycles. The minimum Gasteiger partial charge on any atom is -0.338 e. The maximum absolute atomic E-state index is 12.7. The van der Waals surface area contributed by atoms with E-state index >= 15 is 0 Å². The predicted molar refractivity (Wildman–Crippen MR) is 83.4 cm³/mol. The van der Waals surface area contributed by atoms with Crippen LogP contribution in [0.5, 0.6) is 0 Å². The molecule has 0 atom stereocenters. The fraction of sp³-hybridized carbons (Fsp3) is 0.941. The first-order valence-electron chi connectivity index (χ1n) is 8.81. The van der Waals surface area contributed by atoms with Crippen LogP contribution in [0.3, 0.4) is 0 Å². The Morgan fingerprint density at radius 2 is 1.45 bits per heavy atom. The van der Waals surface area contributed by atoms with Crippen LogP contribution in [0.4, 0.5) is 0 Å². The zero-order valence-corrected chi connectivity index (χ0v) is 13.0. The summed E-state index contributed by atoms with van der Waals surface area (Å²) in [6, 6.07) is 0.477. The highest BCUT2D eigenvalue weighted by Gasteiger charge is 2.26. The summed E-state index contributed by atoms with van der Waals surface area (Å²) in [5.74, 6) is 1.02. The third-order valence-electron chi connectivity index (χ3n) is 5.14. The molecule has 0 aromatic rings. The van der Waals surface area contributed by atoms with Crippen LogP contribution in [-0.4, -0.2) is 29.9 Å². The normalized spacial score (nSPS) is 22.4. The Balaban J connectivity index is 1.87. The van der Waals surface area contributed by atoms with Gasteiger partial charge in [-0.3, -0.25) is 4.79 Å². The Labute approximate surface area is 124 Å². The Hall–Kier alpha value is -0.570. The van der Waals surface area contributed by atoms with E-state index in [0.717, 1.165) is 13.0 Å². The molecule has 116 valence electrons. The summed E-state index contributed by atoms with van der Waals surface area (Å²) >= 11 is 0. The molecule has 0 aromatic carbocycles. The molecule has 3 heteroatoms. The van der Waals surface area contributed by atoms with Gasteiger partial charge in [-0.25, -0.2) is 0 Å². The number of hydrogen-bond donors (Lipinski definition) is 1. The molecule has 2 rings (SSSR count). The van der Waals surface area contributed by atoms with Gasteiger partial charge in [0, 0.05) is 25.6 Å². The quantitative estimate of drug-likeness (QED) is 0.784. The molecule has 2 aliphatic rings. The highest BCUT2D eigenvalue weighted by molar-refractivity contribution is 5.76. The number of hydrogen-bond acceptors (Lipinski definition) is 2. The van der Waals surface area contributed by atoms with Gasteiger partial charge in [-0.05, 0) is 31.6 Å². The van der Waals surface area contributed by atoms with Gasteiger partial charge in [-0.2, -0.15) is 0 Å². The Morgan fingerprint density at radius 1 is 0.900 bits per heavy atom. The molecule has 0 bridgehead atoms. The van der Waals surface area contributed by atoms with Gasteiger partial charge in [0.05, 0.1) is 0 Å². The SMILES string of the molecule is NCCN(C(=O)CC1CCCCCC1)C1CCCCC1. The van der Waals surface area contributed by atoms with Crippen LogP contribution < -0.4 is 5.73 Å². The second-order valence-corrected chi connectivity index (χ2v) is 6.73. The Bertz CT molecular complexity index is 279. The molecule has 0 radical (unpaired) electrons. The average Bonchev–Trinajstić information content (AvgIpc) is 2.74. The molecule has 2 N–H and O–H groups in total. The van der Waals surface area contributed by atoms with Crippen molar-refractivity contribution < 1.29 is 4.79 Å². The minimum absolute atomic E-state index is 0.384. The summed E-state index contributed by atoms with van der Waals surface area (Å²) in [6.45, 7) is 1.36. The van der Waals surface area contributed by atoms with Crippen LogP contribution in [0.1, 0.15) is 77.0 Å². The molecule has 2 saturated carbocycles. The summed E-state index contributed by atoms with van der Waals surface area (Å²) in [4.78, 5) is 14.8. The van der Waals surface area contributed by atoms with Crippen molar-refractivity contribution in [3.8, 4) is 0 Å². The van der Waals surface area contributed by atoms with Crippen LogP contribution in [-0.2, 0) is 4.79 Å². The first kappa shape index (κ1) is 15.8. The van der Waals surface area contributed by atoms with Crippen LogP contribution in [0.25, 0.3) is 0 Å². The standard InChI is InChI=1S/C17H32N2O/c18-12-13-19(16-10-6-3-7-11-16)17(20)14-15-8-4-1-2-5-9-15/h15-16H,1-14,18H2. The number of nitrogens with zero attached hydrogens (tertiary/aromatic N) is 1. The maximum Gasteiger partial charge on any atom is 0.223 e. The molecular weight excluding hydrogens is 248 g/mol. The lowest BCUT2D eigenvalue weighted by Crippen LogP contribution is -2.44. The predicted octanol–water partition coefficient (Wildman–Crippen LogP) is 3.47. The first-order chi connectivity index (χ1) is 9.81. The van der Waals surface area contributed by atoms with E-state index in [-0.39, 0.29) is 0 Å². The second-order valence-electron chi connectivity index (χ2n) is 6.73. The van der Waals surface area contributed by atoms with Crippen LogP contribution in [0, 0.1) is 5.92 Å². The van der Waals surface area contributed by atoms with E-state index in [1.165, 1.54) is 70.6 Å². The summed E-state index contributed by atoms with van der Waals surface area (Å²) in [7, 11) is 0. The van der Waals surface area contributed by atoms with E-state index in [1.807, 2.05) is 0 Å². The molecule has 2 fully saturated rings. The van der Waals surface area contributed by atoms with Gasteiger partial charge < -0.3 is 10.6 Å². The van der Waals surface area contributed by atoms with Gasteiger partial charge in [-0.15, -0.1) is 0 Å². The third-order valence-corrected chi connectivity index (χ3v) is 5.14. The lowest BCUT2D eigenvalue weighted by Gasteiger charge is -2.35. The largest absolute Gasteiger partial charge is 0.338 e. The van der Waals surface area contributed by atoms with Gasteiger partial charge in [-0.1, -0.05) is 44.9 Å². The van der Waals surface area contributed by atoms with Crippen LogP contribution >= 0.6 is 0 Å². The lowest BCUT2D eigenvalue weighted by molar-refractivity contribution is -0.135. The highest BCUT2D eigenvalue weighted by Crippen LogP contribution is 2.28. The molecule has 0 unspecified atom stereocenters. The van der Waals surface area contributed by atoms with Gasteiger partial charge >= 0.3 is 0 Å². The molecule has 2 aliphatic carbocycles. The molecule has 0 heterocycles. The lowest BCUT2D eigenvalue weighted by atomic mass is 9.92. The third kappa shape index (κ3) is 4.76. The molecule has 3 nitrogen and oxygen atoms in total. The van der Waals surface area contributed by atoms with E-state index in [4.69, 9.17) is 5.73 Å². The average molecular weight is 280 g/mol. The monoisotopic (exact) mass is 280 g/mol. The highest BCUT2D eigenvalue weighted by atomic mass is 16.2. The number of carbonyl (C=O) groups excluding carboxylic acids is 1. The zero-order valence-electron chi connectivity index (χ0n) is 13.0. The maximum atomic E-state index is 12.7. The Kier molecular flexibility index (Phi) is 6.85. The van der Waals surface area contributed by atoms with Gasteiger partial charge in [0.2, 0.25) is 5.91 Å². The summed E-state index contributed by atoms with van der Waals surface area (Å²) < 4.78 is 0. The van der Waals surface area contributed by atoms with Crippen molar-refractivity contribution >= 4 is 5.91 Å². The molecule has 1 amide bonds. The number of nitrogens with two attached hydrogens (primary N) is 1. The second kappa shape index (κ2) is 8.66. The van der Waals surface area contributed by atoms with Gasteiger partial charge in [0.1, 0.15) is 0 Å². The van der Waals surface area contributed by atoms with Crippen LogP contribution in [0.2, 0.25) is 0 Å². The van der Waals surface area contributed by atoms with E-state index in [2.05, 4.69) is 4.90 Å². The van der Waals surface area contributed by atoms with E-state index < -0.39 is 0 Å². The molecule has 20 heavy (non-hydrogen) atoms. The smallest absolute Gasteiger partial charge is 0.223 e. The van der Waals surface area contributed by atoms with Crippen molar-refractivity contribution in [3.63, 3.8) is 0 Å². The molecule has 0 spiro atoms. The summed E-state index contributed by atoms with van der Waals surface area (Å²) in [5.41, 5.74) is 5.74. The summed E-state index contributed by atoms with van der Waals surface area (Å²) in [6.07, 6.45) is 14.9. The van der Waals surface area contributed by atoms with Crippen molar-refractivity contribution in [2.75, 3.05) is 13.1 Å². The van der Waals surface area contributed by atoms with Gasteiger partial charge in [0.15, 0.2) is 0 Å². The molecular formula is C17H32N2O. The van der Waals surface area contributed by atoms with Crippen LogP contribution in [0.15, 0.2) is 0 Å². The number of amides is 1. The minimum atomic E-state index is 0.384. The van der Waals surface area contributed by atoms with Crippen molar-refractivity contribution in [1.82, 2.24) is 4.90 Å². The number of carbonyl (C=O) groups is 1. The first-order valence-corrected chi connectivity index (χ1v) is 8.81. The molecule has 0 aliphatic heterocycles. The Morgan fingerprint density at radius 3 is 2.05 bits per heavy atom. The van der Waals surface area contributed by atoms with E-state index in [9.17, 15) is 4.79 Å². The molecule has 0 aromatic heterocycles. The zero-order chi connectivity index (χ0) is 14.2. The van der Waals surface area contributed by atoms with E-state index in [0.29, 0.717) is 24.4 Å².